The summed E-state index contributed by atoms with van der Waals surface area (Å²) in [6.45, 7) is 7.75. The molecule has 0 amide bonds. The number of aryl methyl sites for hydroxylation is 1. The van der Waals surface area contributed by atoms with Crippen molar-refractivity contribution in [2.24, 2.45) is 0 Å². The van der Waals surface area contributed by atoms with Gasteiger partial charge in [-0.1, -0.05) is 17.7 Å². The van der Waals surface area contributed by atoms with Gasteiger partial charge in [0.25, 0.3) is 0 Å². The minimum absolute atomic E-state index is 0.560. The molecule has 0 aliphatic carbocycles. The standard InChI is InChI=1S/C17H22N2S/c1-13-3-5-15(6-4-13)18-9-11-19-10-7-17-16(14(19)2)8-12-20-17/h3-6,8,12,14,18H,7,9-11H2,1-2H3. The van der Waals surface area contributed by atoms with E-state index >= 15 is 0 Å². The number of nitrogens with one attached hydrogen (secondary N) is 1. The van der Waals surface area contributed by atoms with Crippen molar-refractivity contribution in [1.82, 2.24) is 4.90 Å². The third kappa shape index (κ3) is 2.89. The zero-order valence-electron chi connectivity index (χ0n) is 12.2. The lowest BCUT2D eigenvalue weighted by atomic mass is 10.0. The molecule has 0 radical (unpaired) electrons. The van der Waals surface area contributed by atoms with Crippen molar-refractivity contribution in [1.29, 1.82) is 0 Å². The highest BCUT2D eigenvalue weighted by Gasteiger charge is 2.23. The Balaban J connectivity index is 1.53. The third-order valence-electron chi connectivity index (χ3n) is 4.18. The monoisotopic (exact) mass is 286 g/mol. The predicted molar refractivity (Wildman–Crippen MR) is 87.7 cm³/mol. The number of nitrogens with zero attached hydrogens (tertiary/aromatic N) is 1. The molecule has 3 rings (SSSR count). The maximum Gasteiger partial charge on any atom is 0.0340 e. The average Bonchev–Trinajstić information content (AvgIpc) is 2.93. The van der Waals surface area contributed by atoms with Gasteiger partial charge < -0.3 is 5.32 Å². The van der Waals surface area contributed by atoms with E-state index in [0.717, 1.165) is 13.1 Å². The van der Waals surface area contributed by atoms with Crippen LogP contribution >= 0.6 is 11.3 Å². The van der Waals surface area contributed by atoms with E-state index in [1.165, 1.54) is 29.8 Å². The lowest BCUT2D eigenvalue weighted by Crippen LogP contribution is -2.36. The van der Waals surface area contributed by atoms with E-state index < -0.39 is 0 Å². The minimum atomic E-state index is 0.560. The third-order valence-corrected chi connectivity index (χ3v) is 5.18. The largest absolute Gasteiger partial charge is 0.384 e. The highest BCUT2D eigenvalue weighted by atomic mass is 32.1. The quantitative estimate of drug-likeness (QED) is 0.911. The average molecular weight is 286 g/mol. The van der Waals surface area contributed by atoms with Gasteiger partial charge in [-0.2, -0.15) is 0 Å². The summed E-state index contributed by atoms with van der Waals surface area (Å²) in [7, 11) is 0. The number of fused-ring (bicyclic) bond motifs is 1. The molecule has 1 aromatic carbocycles. The summed E-state index contributed by atoms with van der Waals surface area (Å²) >= 11 is 1.91. The first-order valence-corrected chi connectivity index (χ1v) is 8.23. The van der Waals surface area contributed by atoms with Crippen molar-refractivity contribution < 1.29 is 0 Å². The maximum atomic E-state index is 3.52. The Morgan fingerprint density at radius 2 is 2.05 bits per heavy atom. The summed E-state index contributed by atoms with van der Waals surface area (Å²) in [5.41, 5.74) is 4.07. The molecule has 2 aromatic rings. The van der Waals surface area contributed by atoms with Gasteiger partial charge in [-0.25, -0.2) is 0 Å². The molecule has 0 bridgehead atoms. The van der Waals surface area contributed by atoms with Crippen molar-refractivity contribution in [3.8, 4) is 0 Å². The van der Waals surface area contributed by atoms with Crippen LogP contribution in [0.5, 0.6) is 0 Å². The molecule has 1 aliphatic heterocycles. The fraction of sp³-hybridized carbons (Fsp3) is 0.412. The van der Waals surface area contributed by atoms with Crippen LogP contribution < -0.4 is 5.32 Å². The van der Waals surface area contributed by atoms with Crippen molar-refractivity contribution in [2.45, 2.75) is 26.3 Å². The number of hydrogen-bond acceptors (Lipinski definition) is 3. The Morgan fingerprint density at radius 1 is 1.25 bits per heavy atom. The second-order valence-electron chi connectivity index (χ2n) is 5.55. The van der Waals surface area contributed by atoms with Crippen LogP contribution in [-0.2, 0) is 6.42 Å². The first-order chi connectivity index (χ1) is 9.74. The van der Waals surface area contributed by atoms with Crippen molar-refractivity contribution in [3.63, 3.8) is 0 Å². The number of anilines is 1. The molecular weight excluding hydrogens is 264 g/mol. The maximum absolute atomic E-state index is 3.52. The molecule has 2 nitrogen and oxygen atoms in total. The highest BCUT2D eigenvalue weighted by molar-refractivity contribution is 7.10. The van der Waals surface area contributed by atoms with Gasteiger partial charge in [0.15, 0.2) is 0 Å². The number of benzene rings is 1. The van der Waals surface area contributed by atoms with E-state index in [-0.39, 0.29) is 0 Å². The second kappa shape index (κ2) is 5.98. The van der Waals surface area contributed by atoms with E-state index in [0.29, 0.717) is 6.04 Å². The fourth-order valence-corrected chi connectivity index (χ4v) is 3.84. The number of rotatable bonds is 4. The molecule has 1 aliphatic rings. The Kier molecular flexibility index (Phi) is 4.08. The van der Waals surface area contributed by atoms with Gasteiger partial charge in [-0.05, 0) is 49.4 Å². The van der Waals surface area contributed by atoms with Crippen LogP contribution in [0.25, 0.3) is 0 Å². The van der Waals surface area contributed by atoms with Crippen LogP contribution in [-0.4, -0.2) is 24.5 Å². The molecule has 1 aromatic heterocycles. The predicted octanol–water partition coefficient (Wildman–Crippen LogP) is 4.09. The van der Waals surface area contributed by atoms with Gasteiger partial charge in [0, 0.05) is 36.2 Å². The van der Waals surface area contributed by atoms with Crippen molar-refractivity contribution in [3.05, 3.63) is 51.7 Å². The molecule has 0 fully saturated rings. The molecule has 1 atom stereocenters. The van der Waals surface area contributed by atoms with Crippen LogP contribution in [0.2, 0.25) is 0 Å². The van der Waals surface area contributed by atoms with Gasteiger partial charge in [-0.3, -0.25) is 4.90 Å². The minimum Gasteiger partial charge on any atom is -0.384 e. The topological polar surface area (TPSA) is 15.3 Å². The molecule has 2 heterocycles. The number of hydrogen-bond donors (Lipinski definition) is 1. The molecule has 0 saturated carbocycles. The summed E-state index contributed by atoms with van der Waals surface area (Å²) in [5, 5.41) is 5.75. The molecule has 0 spiro atoms. The van der Waals surface area contributed by atoms with Crippen molar-refractivity contribution >= 4 is 17.0 Å². The Hall–Kier alpha value is -1.32. The molecule has 3 heteroatoms. The second-order valence-corrected chi connectivity index (χ2v) is 6.55. The fourth-order valence-electron chi connectivity index (χ4n) is 2.88. The van der Waals surface area contributed by atoms with E-state index in [1.807, 2.05) is 11.3 Å². The molecule has 20 heavy (non-hydrogen) atoms. The Morgan fingerprint density at radius 3 is 2.85 bits per heavy atom. The molecule has 0 saturated heterocycles. The SMILES string of the molecule is Cc1ccc(NCCN2CCc3sccc3C2C)cc1. The Bertz CT molecular complexity index is 559. The normalized spacial score (nSPS) is 18.8. The van der Waals surface area contributed by atoms with Crippen LogP contribution in [0.1, 0.15) is 29.0 Å². The summed E-state index contributed by atoms with van der Waals surface area (Å²) < 4.78 is 0. The van der Waals surface area contributed by atoms with E-state index in [1.54, 1.807) is 4.88 Å². The zero-order valence-corrected chi connectivity index (χ0v) is 13.0. The van der Waals surface area contributed by atoms with Crippen LogP contribution in [0, 0.1) is 6.92 Å². The number of thiophene rings is 1. The van der Waals surface area contributed by atoms with Gasteiger partial charge in [-0.15, -0.1) is 11.3 Å². The smallest absolute Gasteiger partial charge is 0.0340 e. The summed E-state index contributed by atoms with van der Waals surface area (Å²) in [5.74, 6) is 0. The van der Waals surface area contributed by atoms with Crippen molar-refractivity contribution in [2.75, 3.05) is 25.0 Å². The lowest BCUT2D eigenvalue weighted by molar-refractivity contribution is 0.208. The molecule has 106 valence electrons. The summed E-state index contributed by atoms with van der Waals surface area (Å²) in [6.07, 6.45) is 1.21. The van der Waals surface area contributed by atoms with E-state index in [9.17, 15) is 0 Å². The summed E-state index contributed by atoms with van der Waals surface area (Å²) in [4.78, 5) is 4.16. The van der Waals surface area contributed by atoms with E-state index in [4.69, 9.17) is 0 Å². The van der Waals surface area contributed by atoms with Gasteiger partial charge in [0.1, 0.15) is 0 Å². The first kappa shape index (κ1) is 13.7. The molecule has 1 unspecified atom stereocenters. The van der Waals surface area contributed by atoms with Crippen LogP contribution in [0.15, 0.2) is 35.7 Å². The molecular formula is C17H22N2S. The molecule has 1 N–H and O–H groups in total. The zero-order chi connectivity index (χ0) is 13.9. The van der Waals surface area contributed by atoms with Gasteiger partial charge in [0.05, 0.1) is 0 Å². The Labute approximate surface area is 125 Å². The van der Waals surface area contributed by atoms with Gasteiger partial charge in [0.2, 0.25) is 0 Å². The summed E-state index contributed by atoms with van der Waals surface area (Å²) in [6, 6.07) is 11.5. The van der Waals surface area contributed by atoms with Crippen LogP contribution in [0.3, 0.4) is 0 Å². The lowest BCUT2D eigenvalue weighted by Gasteiger charge is -2.33. The first-order valence-electron chi connectivity index (χ1n) is 7.35. The van der Waals surface area contributed by atoms with Crippen LogP contribution in [0.4, 0.5) is 5.69 Å². The van der Waals surface area contributed by atoms with Gasteiger partial charge >= 0.3 is 0 Å². The van der Waals surface area contributed by atoms with E-state index in [2.05, 4.69) is 59.8 Å². The highest BCUT2D eigenvalue weighted by Crippen LogP contribution is 2.32.